The van der Waals surface area contributed by atoms with E-state index in [2.05, 4.69) is 28.2 Å². The first-order valence-electron chi connectivity index (χ1n) is 9.71. The van der Waals surface area contributed by atoms with Crippen molar-refractivity contribution in [2.24, 2.45) is 11.8 Å². The molecule has 0 radical (unpaired) electrons. The lowest BCUT2D eigenvalue weighted by Gasteiger charge is -2.23. The Kier molecular flexibility index (Phi) is 14.1. The van der Waals surface area contributed by atoms with Crippen LogP contribution in [-0.4, -0.2) is 59.4 Å². The number of alkyl halides is 1. The Morgan fingerprint density at radius 3 is 2.29 bits per heavy atom. The molecule has 2 atom stereocenters. The van der Waals surface area contributed by atoms with Crippen molar-refractivity contribution < 1.29 is 23.9 Å². The van der Waals surface area contributed by atoms with Gasteiger partial charge >= 0.3 is 11.9 Å². The number of halogens is 1. The number of hydrogen-bond donors (Lipinski definition) is 1. The molecular weight excluding hydrogens is 446 g/mol. The first-order chi connectivity index (χ1) is 12.9. The molecule has 0 aliphatic carbocycles. The average molecular weight is 482 g/mol. The van der Waals surface area contributed by atoms with E-state index in [0.29, 0.717) is 37.2 Å². The van der Waals surface area contributed by atoms with Gasteiger partial charge in [-0.2, -0.15) is 11.8 Å². The second kappa shape index (κ2) is 14.4. The van der Waals surface area contributed by atoms with E-state index in [9.17, 15) is 14.4 Å². The Balaban J connectivity index is 4.20. The van der Waals surface area contributed by atoms with E-state index in [1.54, 1.807) is 32.5 Å². The first-order valence-corrected chi connectivity index (χ1v) is 12.0. The van der Waals surface area contributed by atoms with Crippen molar-refractivity contribution >= 4 is 45.4 Å². The number of carbonyl (C=O) groups is 3. The lowest BCUT2D eigenvalue weighted by molar-refractivity contribution is -0.156. The SMILES string of the molecule is CC(C)COC(=O)CCSCC(C)CNC(CC(=O)OC(C)(C)C)C(=O)CBr. The number of rotatable bonds is 14. The molecule has 0 spiro atoms. The number of ether oxygens (including phenoxy) is 2. The highest BCUT2D eigenvalue weighted by atomic mass is 79.9. The molecule has 8 heteroatoms. The van der Waals surface area contributed by atoms with Crippen LogP contribution in [0.3, 0.4) is 0 Å². The molecule has 0 heterocycles. The number of carbonyl (C=O) groups excluding carboxylic acids is 3. The topological polar surface area (TPSA) is 81.7 Å². The van der Waals surface area contributed by atoms with Gasteiger partial charge < -0.3 is 14.8 Å². The minimum Gasteiger partial charge on any atom is -0.465 e. The van der Waals surface area contributed by atoms with Crippen LogP contribution in [0.5, 0.6) is 0 Å². The van der Waals surface area contributed by atoms with E-state index in [-0.39, 0.29) is 29.5 Å². The summed E-state index contributed by atoms with van der Waals surface area (Å²) in [6, 6.07) is -0.562. The highest BCUT2D eigenvalue weighted by molar-refractivity contribution is 9.09. The fraction of sp³-hybridized carbons (Fsp3) is 0.850. The second-order valence-corrected chi connectivity index (χ2v) is 10.1. The number of Topliss-reactive ketones (excluding diaryl/α,β-unsaturated/α-hetero) is 1. The molecule has 164 valence electrons. The van der Waals surface area contributed by atoms with Crippen molar-refractivity contribution in [2.75, 3.05) is 30.0 Å². The summed E-state index contributed by atoms with van der Waals surface area (Å²) in [5.74, 6) is 1.58. The van der Waals surface area contributed by atoms with Gasteiger partial charge in [-0.3, -0.25) is 14.4 Å². The van der Waals surface area contributed by atoms with Crippen LogP contribution >= 0.6 is 27.7 Å². The summed E-state index contributed by atoms with van der Waals surface area (Å²) in [5.41, 5.74) is -0.570. The van der Waals surface area contributed by atoms with Crippen molar-refractivity contribution in [3.8, 4) is 0 Å². The molecule has 0 amide bonds. The molecule has 0 aliphatic rings. The normalized spacial score (nSPS) is 13.9. The van der Waals surface area contributed by atoms with Crippen LogP contribution in [0, 0.1) is 11.8 Å². The molecule has 28 heavy (non-hydrogen) atoms. The molecule has 0 aliphatic heterocycles. The molecule has 2 unspecified atom stereocenters. The summed E-state index contributed by atoms with van der Waals surface area (Å²) in [6.45, 7) is 12.6. The summed E-state index contributed by atoms with van der Waals surface area (Å²) >= 11 is 4.86. The Morgan fingerprint density at radius 1 is 1.11 bits per heavy atom. The zero-order valence-electron chi connectivity index (χ0n) is 18.0. The van der Waals surface area contributed by atoms with Crippen LogP contribution < -0.4 is 5.32 Å². The third-order valence-electron chi connectivity index (χ3n) is 3.45. The van der Waals surface area contributed by atoms with E-state index in [4.69, 9.17) is 9.47 Å². The monoisotopic (exact) mass is 481 g/mol. The van der Waals surface area contributed by atoms with Gasteiger partial charge in [0.1, 0.15) is 5.60 Å². The van der Waals surface area contributed by atoms with Gasteiger partial charge in [-0.1, -0.05) is 36.7 Å². The average Bonchev–Trinajstić information content (AvgIpc) is 2.58. The molecule has 0 fully saturated rings. The van der Waals surface area contributed by atoms with Gasteiger partial charge in [0.15, 0.2) is 5.78 Å². The third-order valence-corrected chi connectivity index (χ3v) is 5.30. The number of ketones is 1. The summed E-state index contributed by atoms with van der Waals surface area (Å²) in [5, 5.41) is 3.37. The van der Waals surface area contributed by atoms with Crippen LogP contribution in [0.2, 0.25) is 0 Å². The molecule has 0 aromatic heterocycles. The predicted molar refractivity (Wildman–Crippen MR) is 118 cm³/mol. The van der Waals surface area contributed by atoms with Crippen molar-refractivity contribution in [1.82, 2.24) is 5.32 Å². The molecule has 1 N–H and O–H groups in total. The molecule has 0 aromatic carbocycles. The smallest absolute Gasteiger partial charge is 0.308 e. The summed E-state index contributed by atoms with van der Waals surface area (Å²) in [4.78, 5) is 35.7. The third kappa shape index (κ3) is 15.3. The van der Waals surface area contributed by atoms with E-state index in [1.165, 1.54) is 0 Å². The van der Waals surface area contributed by atoms with E-state index < -0.39 is 11.6 Å². The van der Waals surface area contributed by atoms with E-state index in [0.717, 1.165) is 5.75 Å². The minimum absolute atomic E-state index is 0.0171. The van der Waals surface area contributed by atoms with Gasteiger partial charge in [-0.05, 0) is 44.9 Å². The van der Waals surface area contributed by atoms with Crippen LogP contribution in [0.1, 0.15) is 54.4 Å². The van der Waals surface area contributed by atoms with Gasteiger partial charge in [0.25, 0.3) is 0 Å². The lowest BCUT2D eigenvalue weighted by Crippen LogP contribution is -2.42. The molecular formula is C20H36BrNO5S. The fourth-order valence-electron chi connectivity index (χ4n) is 2.12. The number of hydrogen-bond acceptors (Lipinski definition) is 7. The van der Waals surface area contributed by atoms with E-state index >= 15 is 0 Å². The summed E-state index contributed by atoms with van der Waals surface area (Å²) in [7, 11) is 0. The van der Waals surface area contributed by atoms with Crippen LogP contribution in [0.25, 0.3) is 0 Å². The van der Waals surface area contributed by atoms with Crippen LogP contribution in [0.4, 0.5) is 0 Å². The molecule has 0 bridgehead atoms. The molecule has 0 aromatic rings. The maximum atomic E-state index is 12.1. The molecule has 0 saturated heterocycles. The summed E-state index contributed by atoms with van der Waals surface area (Å²) < 4.78 is 10.5. The number of thioether (sulfide) groups is 1. The Hall–Kier alpha value is -0.600. The quantitative estimate of drug-likeness (QED) is 0.230. The fourth-order valence-corrected chi connectivity index (χ4v) is 3.51. The van der Waals surface area contributed by atoms with Crippen molar-refractivity contribution in [2.45, 2.75) is 66.0 Å². The van der Waals surface area contributed by atoms with Gasteiger partial charge in [0, 0.05) is 5.75 Å². The zero-order valence-corrected chi connectivity index (χ0v) is 20.4. The van der Waals surface area contributed by atoms with Gasteiger partial charge in [0.05, 0.1) is 30.8 Å². The maximum absolute atomic E-state index is 12.1. The van der Waals surface area contributed by atoms with Gasteiger partial charge in [-0.25, -0.2) is 0 Å². The second-order valence-electron chi connectivity index (χ2n) is 8.36. The number of nitrogens with one attached hydrogen (secondary N) is 1. The largest absolute Gasteiger partial charge is 0.465 e. The van der Waals surface area contributed by atoms with E-state index in [1.807, 2.05) is 13.8 Å². The van der Waals surface area contributed by atoms with Crippen LogP contribution in [-0.2, 0) is 23.9 Å². The first kappa shape index (κ1) is 27.4. The van der Waals surface area contributed by atoms with Crippen molar-refractivity contribution in [1.29, 1.82) is 0 Å². The van der Waals surface area contributed by atoms with Crippen LogP contribution in [0.15, 0.2) is 0 Å². The highest BCUT2D eigenvalue weighted by Gasteiger charge is 2.24. The zero-order chi connectivity index (χ0) is 21.7. The Bertz CT molecular complexity index is 493. The maximum Gasteiger partial charge on any atom is 0.308 e. The molecule has 0 saturated carbocycles. The molecule has 0 rings (SSSR count). The van der Waals surface area contributed by atoms with Gasteiger partial charge in [-0.15, -0.1) is 0 Å². The minimum atomic E-state index is -0.570. The van der Waals surface area contributed by atoms with Gasteiger partial charge in [0.2, 0.25) is 0 Å². The Labute approximate surface area is 182 Å². The number of esters is 2. The Morgan fingerprint density at radius 2 is 1.75 bits per heavy atom. The predicted octanol–water partition coefficient (Wildman–Crippen LogP) is 3.60. The van der Waals surface area contributed by atoms with Crippen molar-refractivity contribution in [3.63, 3.8) is 0 Å². The highest BCUT2D eigenvalue weighted by Crippen LogP contribution is 2.12. The summed E-state index contributed by atoms with van der Waals surface area (Å²) in [6.07, 6.45) is 0.421. The molecule has 6 nitrogen and oxygen atoms in total. The van der Waals surface area contributed by atoms with Crippen molar-refractivity contribution in [3.05, 3.63) is 0 Å². The standard InChI is InChI=1S/C20H36BrNO5S/c1-14(2)12-26-18(24)7-8-28-13-15(3)11-22-16(17(23)10-21)9-19(25)27-20(4,5)6/h14-16,22H,7-13H2,1-6H3. The lowest BCUT2D eigenvalue weighted by atomic mass is 10.1.